The number of primary sulfonamides is 1. The van der Waals surface area contributed by atoms with E-state index in [2.05, 4.69) is 0 Å². The summed E-state index contributed by atoms with van der Waals surface area (Å²) in [4.78, 5) is 1.63. The van der Waals surface area contributed by atoms with Gasteiger partial charge in [0.25, 0.3) is 0 Å². The minimum absolute atomic E-state index is 0.0414. The molecule has 1 aliphatic heterocycles. The van der Waals surface area contributed by atoms with Crippen molar-refractivity contribution in [3.05, 3.63) is 18.2 Å². The number of benzene rings is 1. The van der Waals surface area contributed by atoms with Crippen molar-refractivity contribution in [2.75, 3.05) is 24.2 Å². The Labute approximate surface area is 131 Å². The fourth-order valence-corrected chi connectivity index (χ4v) is 4.14. The molecular weight excluding hydrogens is 328 g/mol. The molecule has 1 aromatic carbocycles. The molecule has 0 spiro atoms. The molecule has 22 heavy (non-hydrogen) atoms. The van der Waals surface area contributed by atoms with E-state index in [1.165, 1.54) is 12.1 Å². The number of sulfone groups is 1. The van der Waals surface area contributed by atoms with Crippen molar-refractivity contribution in [3.8, 4) is 0 Å². The number of morpholine rings is 1. The molecule has 2 N–H and O–H groups in total. The predicted molar refractivity (Wildman–Crippen MR) is 83.1 cm³/mol. The minimum atomic E-state index is -3.96. The van der Waals surface area contributed by atoms with Crippen LogP contribution in [0.5, 0.6) is 0 Å². The van der Waals surface area contributed by atoms with Crippen LogP contribution in [-0.4, -0.2) is 48.4 Å². The molecule has 0 saturated carbocycles. The van der Waals surface area contributed by atoms with Crippen LogP contribution in [0.25, 0.3) is 0 Å². The van der Waals surface area contributed by atoms with Crippen molar-refractivity contribution >= 4 is 25.5 Å². The van der Waals surface area contributed by atoms with E-state index < -0.39 is 19.9 Å². The van der Waals surface area contributed by atoms with Gasteiger partial charge in [-0.1, -0.05) is 0 Å². The second-order valence-electron chi connectivity index (χ2n) is 5.61. The summed E-state index contributed by atoms with van der Waals surface area (Å²) in [6, 6.07) is 3.93. The van der Waals surface area contributed by atoms with E-state index in [1.54, 1.807) is 0 Å². The van der Waals surface area contributed by atoms with Gasteiger partial charge in [0, 0.05) is 19.3 Å². The van der Waals surface area contributed by atoms with Gasteiger partial charge < -0.3 is 9.64 Å². The molecule has 0 bridgehead atoms. The number of hydrogen-bond acceptors (Lipinski definition) is 6. The highest BCUT2D eigenvalue weighted by Crippen LogP contribution is 2.30. The summed E-state index contributed by atoms with van der Waals surface area (Å²) in [7, 11) is -7.57. The average molecular weight is 348 g/mol. The normalized spacial score (nSPS) is 23.5. The molecule has 1 aliphatic rings. The van der Waals surface area contributed by atoms with Crippen LogP contribution < -0.4 is 10.0 Å². The van der Waals surface area contributed by atoms with Crippen molar-refractivity contribution in [1.29, 1.82) is 0 Å². The summed E-state index contributed by atoms with van der Waals surface area (Å²) >= 11 is 0. The van der Waals surface area contributed by atoms with Gasteiger partial charge in [0.15, 0.2) is 9.84 Å². The van der Waals surface area contributed by atoms with Crippen LogP contribution in [0.15, 0.2) is 28.0 Å². The van der Waals surface area contributed by atoms with E-state index in [4.69, 9.17) is 9.88 Å². The second kappa shape index (κ2) is 5.80. The molecule has 2 atom stereocenters. The molecular formula is C13H20N2O5S2. The van der Waals surface area contributed by atoms with Crippen LogP contribution >= 0.6 is 0 Å². The zero-order valence-electron chi connectivity index (χ0n) is 12.7. The highest BCUT2D eigenvalue weighted by atomic mass is 32.2. The van der Waals surface area contributed by atoms with Crippen LogP contribution in [0.3, 0.4) is 0 Å². The zero-order valence-corrected chi connectivity index (χ0v) is 14.3. The monoisotopic (exact) mass is 348 g/mol. The molecule has 1 heterocycles. The first-order valence-electron chi connectivity index (χ1n) is 6.76. The Balaban J connectivity index is 2.56. The number of rotatable bonds is 3. The van der Waals surface area contributed by atoms with E-state index in [0.29, 0.717) is 18.8 Å². The Morgan fingerprint density at radius 2 is 1.68 bits per heavy atom. The van der Waals surface area contributed by atoms with Crippen molar-refractivity contribution in [2.45, 2.75) is 35.8 Å². The highest BCUT2D eigenvalue weighted by Gasteiger charge is 2.27. The fourth-order valence-electron chi connectivity index (χ4n) is 2.60. The summed E-state index contributed by atoms with van der Waals surface area (Å²) in [5, 5.41) is 5.09. The van der Waals surface area contributed by atoms with Crippen LogP contribution in [-0.2, 0) is 24.6 Å². The van der Waals surface area contributed by atoms with E-state index in [0.717, 1.165) is 12.3 Å². The predicted octanol–water partition coefficient (Wildman–Crippen LogP) is 0.351. The van der Waals surface area contributed by atoms with Gasteiger partial charge in [-0.25, -0.2) is 22.0 Å². The number of sulfonamides is 1. The van der Waals surface area contributed by atoms with Gasteiger partial charge in [-0.3, -0.25) is 0 Å². The second-order valence-corrected chi connectivity index (χ2v) is 9.15. The maximum Gasteiger partial charge on any atom is 0.238 e. The van der Waals surface area contributed by atoms with Crippen LogP contribution in [0.1, 0.15) is 13.8 Å². The van der Waals surface area contributed by atoms with Crippen molar-refractivity contribution in [1.82, 2.24) is 0 Å². The van der Waals surface area contributed by atoms with Gasteiger partial charge in [-0.05, 0) is 32.0 Å². The van der Waals surface area contributed by atoms with Gasteiger partial charge in [-0.15, -0.1) is 0 Å². The molecule has 0 aromatic heterocycles. The molecule has 1 saturated heterocycles. The van der Waals surface area contributed by atoms with Crippen LogP contribution in [0.4, 0.5) is 5.69 Å². The van der Waals surface area contributed by atoms with Gasteiger partial charge >= 0.3 is 0 Å². The molecule has 124 valence electrons. The molecule has 2 rings (SSSR count). The standard InChI is InChI=1S/C13H20N2O5S2/c1-9-7-15(8-10(2)20-9)12-5-4-11(22(14,18)19)6-13(12)21(3,16)17/h4-6,9-10H,7-8H2,1-3H3,(H2,14,18,19)/t9-,10-/m0/s1. The molecule has 0 aliphatic carbocycles. The Bertz CT molecular complexity index is 764. The SMILES string of the molecule is C[C@H]1CN(c2ccc(S(N)(=O)=O)cc2S(C)(=O)=O)C[C@H](C)O1. The number of nitrogens with two attached hydrogens (primary N) is 1. The quantitative estimate of drug-likeness (QED) is 0.845. The van der Waals surface area contributed by atoms with Crippen LogP contribution in [0, 0.1) is 0 Å². The maximum atomic E-state index is 12.0. The lowest BCUT2D eigenvalue weighted by Gasteiger charge is -2.37. The van der Waals surface area contributed by atoms with E-state index in [-0.39, 0.29) is 22.0 Å². The van der Waals surface area contributed by atoms with Gasteiger partial charge in [-0.2, -0.15) is 0 Å². The van der Waals surface area contributed by atoms with Gasteiger partial charge in [0.05, 0.1) is 27.7 Å². The van der Waals surface area contributed by atoms with Crippen molar-refractivity contribution in [3.63, 3.8) is 0 Å². The molecule has 7 nitrogen and oxygen atoms in total. The Hall–Kier alpha value is -1.16. The molecule has 0 radical (unpaired) electrons. The fraction of sp³-hybridized carbons (Fsp3) is 0.538. The number of hydrogen-bond donors (Lipinski definition) is 1. The minimum Gasteiger partial charge on any atom is -0.372 e. The first-order chi connectivity index (χ1) is 9.98. The lowest BCUT2D eigenvalue weighted by atomic mass is 10.2. The van der Waals surface area contributed by atoms with E-state index in [1.807, 2.05) is 18.7 Å². The summed E-state index contributed by atoms with van der Waals surface area (Å²) in [5.74, 6) is 0. The molecule has 0 amide bonds. The summed E-state index contributed by atoms with van der Waals surface area (Å²) in [5.41, 5.74) is 0.469. The average Bonchev–Trinajstić information content (AvgIpc) is 2.34. The Morgan fingerprint density at radius 1 is 1.14 bits per heavy atom. The molecule has 1 aromatic rings. The smallest absolute Gasteiger partial charge is 0.238 e. The van der Waals surface area contributed by atoms with Crippen molar-refractivity contribution < 1.29 is 21.6 Å². The topological polar surface area (TPSA) is 107 Å². The Kier molecular flexibility index (Phi) is 4.54. The molecule has 9 heteroatoms. The molecule has 1 fully saturated rings. The number of nitrogens with zero attached hydrogens (tertiary/aromatic N) is 1. The highest BCUT2D eigenvalue weighted by molar-refractivity contribution is 7.91. The largest absolute Gasteiger partial charge is 0.372 e. The van der Waals surface area contributed by atoms with E-state index in [9.17, 15) is 16.8 Å². The third-order valence-corrected chi connectivity index (χ3v) is 5.46. The van der Waals surface area contributed by atoms with Crippen LogP contribution in [0.2, 0.25) is 0 Å². The third-order valence-electron chi connectivity index (χ3n) is 3.42. The molecule has 0 unspecified atom stereocenters. The maximum absolute atomic E-state index is 12.0. The lowest BCUT2D eigenvalue weighted by molar-refractivity contribution is -0.00537. The number of anilines is 1. The van der Waals surface area contributed by atoms with E-state index >= 15 is 0 Å². The van der Waals surface area contributed by atoms with Crippen molar-refractivity contribution in [2.24, 2.45) is 5.14 Å². The van der Waals surface area contributed by atoms with Gasteiger partial charge in [0.1, 0.15) is 0 Å². The Morgan fingerprint density at radius 3 is 2.14 bits per heavy atom. The summed E-state index contributed by atoms with van der Waals surface area (Å²) in [6.07, 6.45) is 0.953. The third kappa shape index (κ3) is 3.78. The van der Waals surface area contributed by atoms with Gasteiger partial charge in [0.2, 0.25) is 10.0 Å². The first-order valence-corrected chi connectivity index (χ1v) is 10.2. The first kappa shape index (κ1) is 17.2. The summed E-state index contributed by atoms with van der Waals surface area (Å²) < 4.78 is 52.6. The number of ether oxygens (including phenoxy) is 1. The summed E-state index contributed by atoms with van der Waals surface area (Å²) in [6.45, 7) is 4.87. The lowest BCUT2D eigenvalue weighted by Crippen LogP contribution is -2.46. The zero-order chi connectivity index (χ0) is 16.7.